The highest BCUT2D eigenvalue weighted by Gasteiger charge is 2.20. The number of fused-ring (bicyclic) bond motifs is 1. The third-order valence-corrected chi connectivity index (χ3v) is 4.97. The van der Waals surface area contributed by atoms with Crippen LogP contribution in [0.5, 0.6) is 5.75 Å². The van der Waals surface area contributed by atoms with Crippen LogP contribution in [0.4, 0.5) is 5.95 Å². The normalized spacial score (nSPS) is 11.0. The molecule has 1 amide bonds. The topological polar surface area (TPSA) is 117 Å². The summed E-state index contributed by atoms with van der Waals surface area (Å²) in [6.07, 6.45) is 2.01. The van der Waals surface area contributed by atoms with Crippen molar-refractivity contribution in [2.24, 2.45) is 0 Å². The maximum absolute atomic E-state index is 13.0. The van der Waals surface area contributed by atoms with Crippen molar-refractivity contribution in [3.63, 3.8) is 0 Å². The summed E-state index contributed by atoms with van der Waals surface area (Å²) < 4.78 is 1.76. The fraction of sp³-hybridized carbons (Fsp3) is 0.154. The van der Waals surface area contributed by atoms with E-state index in [1.54, 1.807) is 36.6 Å². The van der Waals surface area contributed by atoms with Crippen molar-refractivity contribution in [1.29, 1.82) is 0 Å². The number of carbonyl (C=O) groups is 2. The molecule has 0 atom stereocenters. The highest BCUT2D eigenvalue weighted by molar-refractivity contribution is 6.04. The average Bonchev–Trinajstić information content (AvgIpc) is 3.14. The highest BCUT2D eigenvalue weighted by Crippen LogP contribution is 2.23. The molecule has 8 heteroatoms. The summed E-state index contributed by atoms with van der Waals surface area (Å²) in [5, 5.41) is 23.3. The predicted octanol–water partition coefficient (Wildman–Crippen LogP) is 3.37. The number of anilines is 1. The number of aliphatic hydroxyl groups is 1. The minimum absolute atomic E-state index is 0.141. The first kappa shape index (κ1) is 22.7. The number of pyridine rings is 1. The van der Waals surface area contributed by atoms with Crippen molar-refractivity contribution >= 4 is 29.2 Å². The number of phenols is 1. The number of para-hydroxylation sites is 3. The SMILES string of the molecule is CC(C)(O)Cn1c(NC(=O)c2ccnc(C#Cc3cccc(C=O)c3O)c2)nc2ccccc21. The standard InChI is InChI=1S/C26H22N4O4/c1-26(2,34)16-30-22-9-4-3-8-21(22)28-25(30)29-24(33)18-12-13-27-20(14-18)11-10-17-6-5-7-19(15-31)23(17)32/h3-9,12-15,32,34H,16H2,1-2H3,(H,28,29,33). The molecule has 4 aromatic rings. The molecule has 0 saturated carbocycles. The van der Waals surface area contributed by atoms with Crippen LogP contribution in [-0.4, -0.2) is 42.5 Å². The van der Waals surface area contributed by atoms with Crippen molar-refractivity contribution in [3.05, 3.63) is 83.2 Å². The molecule has 2 heterocycles. The Balaban J connectivity index is 1.62. The van der Waals surface area contributed by atoms with Crippen molar-refractivity contribution < 1.29 is 19.8 Å². The molecule has 0 aliphatic carbocycles. The van der Waals surface area contributed by atoms with Crippen LogP contribution in [0.1, 0.15) is 45.8 Å². The number of aromatic hydroxyl groups is 1. The molecule has 34 heavy (non-hydrogen) atoms. The second kappa shape index (κ2) is 9.17. The third-order valence-electron chi connectivity index (χ3n) is 4.97. The van der Waals surface area contributed by atoms with Gasteiger partial charge in [0.1, 0.15) is 11.4 Å². The zero-order chi connectivity index (χ0) is 24.3. The molecule has 0 bridgehead atoms. The summed E-state index contributed by atoms with van der Waals surface area (Å²) in [7, 11) is 0. The summed E-state index contributed by atoms with van der Waals surface area (Å²) in [6, 6.07) is 15.2. The second-order valence-corrected chi connectivity index (χ2v) is 8.32. The monoisotopic (exact) mass is 454 g/mol. The van der Waals surface area contributed by atoms with Crippen LogP contribution >= 0.6 is 0 Å². The summed E-state index contributed by atoms with van der Waals surface area (Å²) in [5.74, 6) is 5.28. The molecule has 0 aliphatic rings. The van der Waals surface area contributed by atoms with Crippen molar-refractivity contribution in [2.75, 3.05) is 5.32 Å². The molecule has 2 aromatic carbocycles. The van der Waals surface area contributed by atoms with Gasteiger partial charge in [-0.1, -0.05) is 24.1 Å². The molecular formula is C26H22N4O4. The molecule has 0 aliphatic heterocycles. The number of aldehydes is 1. The molecule has 2 aromatic heterocycles. The number of nitrogens with one attached hydrogen (secondary N) is 1. The van der Waals surface area contributed by atoms with E-state index in [1.165, 1.54) is 18.3 Å². The first-order valence-corrected chi connectivity index (χ1v) is 10.5. The first-order chi connectivity index (χ1) is 16.2. The Labute approximate surface area is 195 Å². The van der Waals surface area contributed by atoms with E-state index in [2.05, 4.69) is 27.1 Å². The average molecular weight is 454 g/mol. The number of hydrogen-bond acceptors (Lipinski definition) is 6. The van der Waals surface area contributed by atoms with Crippen molar-refractivity contribution in [1.82, 2.24) is 14.5 Å². The van der Waals surface area contributed by atoms with E-state index in [1.807, 2.05) is 24.3 Å². The van der Waals surface area contributed by atoms with E-state index in [9.17, 15) is 19.8 Å². The van der Waals surface area contributed by atoms with Gasteiger partial charge in [-0.2, -0.15) is 0 Å². The number of amides is 1. The van der Waals surface area contributed by atoms with E-state index in [0.29, 0.717) is 29.0 Å². The van der Waals surface area contributed by atoms with Gasteiger partial charge in [0.2, 0.25) is 5.95 Å². The second-order valence-electron chi connectivity index (χ2n) is 8.32. The van der Waals surface area contributed by atoms with Crippen LogP contribution in [0.25, 0.3) is 11.0 Å². The summed E-state index contributed by atoms with van der Waals surface area (Å²) in [5.41, 5.74) is 1.51. The van der Waals surface area contributed by atoms with E-state index in [-0.39, 0.29) is 23.4 Å². The van der Waals surface area contributed by atoms with E-state index < -0.39 is 11.5 Å². The number of rotatable bonds is 5. The number of nitrogens with zero attached hydrogens (tertiary/aromatic N) is 3. The van der Waals surface area contributed by atoms with Gasteiger partial charge in [0.25, 0.3) is 5.91 Å². The van der Waals surface area contributed by atoms with Gasteiger partial charge in [-0.25, -0.2) is 9.97 Å². The van der Waals surface area contributed by atoms with Crippen LogP contribution in [0, 0.1) is 11.8 Å². The molecule has 8 nitrogen and oxygen atoms in total. The lowest BCUT2D eigenvalue weighted by atomic mass is 10.1. The number of imidazole rings is 1. The zero-order valence-electron chi connectivity index (χ0n) is 18.6. The van der Waals surface area contributed by atoms with Gasteiger partial charge in [0.15, 0.2) is 6.29 Å². The largest absolute Gasteiger partial charge is 0.506 e. The molecule has 4 rings (SSSR count). The maximum Gasteiger partial charge on any atom is 0.258 e. The van der Waals surface area contributed by atoms with Gasteiger partial charge in [-0.05, 0) is 56.2 Å². The Morgan fingerprint density at radius 2 is 1.94 bits per heavy atom. The van der Waals surface area contributed by atoms with Gasteiger partial charge < -0.3 is 14.8 Å². The van der Waals surface area contributed by atoms with E-state index >= 15 is 0 Å². The molecule has 0 radical (unpaired) electrons. The lowest BCUT2D eigenvalue weighted by molar-refractivity contribution is 0.0630. The number of hydrogen-bond donors (Lipinski definition) is 3. The van der Waals surface area contributed by atoms with Gasteiger partial charge >= 0.3 is 0 Å². The van der Waals surface area contributed by atoms with Crippen molar-refractivity contribution in [3.8, 4) is 17.6 Å². The minimum Gasteiger partial charge on any atom is -0.506 e. The first-order valence-electron chi connectivity index (χ1n) is 10.5. The fourth-order valence-corrected chi connectivity index (χ4v) is 3.42. The van der Waals surface area contributed by atoms with Crippen LogP contribution in [0.2, 0.25) is 0 Å². The Kier molecular flexibility index (Phi) is 6.13. The predicted molar refractivity (Wildman–Crippen MR) is 128 cm³/mol. The van der Waals surface area contributed by atoms with Crippen molar-refractivity contribution in [2.45, 2.75) is 26.0 Å². The molecule has 0 unspecified atom stereocenters. The van der Waals surface area contributed by atoms with Crippen LogP contribution in [0.15, 0.2) is 60.8 Å². The fourth-order valence-electron chi connectivity index (χ4n) is 3.42. The maximum atomic E-state index is 13.0. The number of aromatic nitrogens is 3. The Hall–Kier alpha value is -4.48. The van der Waals surface area contributed by atoms with Crippen LogP contribution < -0.4 is 5.32 Å². The smallest absolute Gasteiger partial charge is 0.258 e. The zero-order valence-corrected chi connectivity index (χ0v) is 18.6. The lowest BCUT2D eigenvalue weighted by Crippen LogP contribution is -2.27. The number of phenolic OH excluding ortho intramolecular Hbond substituents is 1. The van der Waals surface area contributed by atoms with Crippen LogP contribution in [-0.2, 0) is 6.54 Å². The van der Waals surface area contributed by atoms with E-state index in [4.69, 9.17) is 0 Å². The van der Waals surface area contributed by atoms with Gasteiger partial charge in [0.05, 0.1) is 34.3 Å². The van der Waals surface area contributed by atoms with Gasteiger partial charge in [-0.15, -0.1) is 0 Å². The summed E-state index contributed by atoms with van der Waals surface area (Å²) in [4.78, 5) is 32.7. The number of carbonyl (C=O) groups excluding carboxylic acids is 2. The molecule has 0 fully saturated rings. The molecular weight excluding hydrogens is 432 g/mol. The molecule has 170 valence electrons. The Morgan fingerprint density at radius 3 is 2.71 bits per heavy atom. The van der Waals surface area contributed by atoms with Gasteiger partial charge in [0, 0.05) is 11.8 Å². The highest BCUT2D eigenvalue weighted by atomic mass is 16.3. The quantitative estimate of drug-likeness (QED) is 0.314. The molecule has 0 spiro atoms. The molecule has 0 saturated heterocycles. The van der Waals surface area contributed by atoms with E-state index in [0.717, 1.165) is 5.52 Å². The van der Waals surface area contributed by atoms with Gasteiger partial charge in [-0.3, -0.25) is 14.9 Å². The minimum atomic E-state index is -1.02. The third kappa shape index (κ3) is 4.95. The number of benzene rings is 2. The summed E-state index contributed by atoms with van der Waals surface area (Å²) >= 11 is 0. The van der Waals surface area contributed by atoms with Crippen LogP contribution in [0.3, 0.4) is 0 Å². The summed E-state index contributed by atoms with van der Waals surface area (Å²) in [6.45, 7) is 3.60. The lowest BCUT2D eigenvalue weighted by Gasteiger charge is -2.20. The Bertz CT molecular complexity index is 1460. The molecule has 3 N–H and O–H groups in total. The Morgan fingerprint density at radius 1 is 1.15 bits per heavy atom.